The molecule has 1 rings (SSSR count). The fraction of sp³-hybridized carbons (Fsp3) is 0.833. The van der Waals surface area contributed by atoms with Crippen LogP contribution >= 0.6 is 0 Å². The van der Waals surface area contributed by atoms with Crippen LogP contribution in [0.25, 0.3) is 0 Å². The van der Waals surface area contributed by atoms with Crippen LogP contribution in [0, 0.1) is 0 Å². The SMILES string of the molecule is CNCCN1C=NCC1. The average Bonchev–Trinajstić information content (AvgIpc) is 2.34. The highest BCUT2D eigenvalue weighted by atomic mass is 15.2. The van der Waals surface area contributed by atoms with Crippen LogP contribution in [0.15, 0.2) is 4.99 Å². The Morgan fingerprint density at radius 3 is 3.22 bits per heavy atom. The molecular weight excluding hydrogens is 114 g/mol. The van der Waals surface area contributed by atoms with E-state index in [1.807, 2.05) is 13.4 Å². The second-order valence-corrected chi connectivity index (χ2v) is 2.16. The van der Waals surface area contributed by atoms with Crippen molar-refractivity contribution in [2.75, 3.05) is 33.2 Å². The van der Waals surface area contributed by atoms with Crippen molar-refractivity contribution in [1.82, 2.24) is 10.2 Å². The number of nitrogens with zero attached hydrogens (tertiary/aromatic N) is 2. The van der Waals surface area contributed by atoms with Gasteiger partial charge < -0.3 is 10.2 Å². The van der Waals surface area contributed by atoms with Gasteiger partial charge in [0, 0.05) is 19.6 Å². The first-order valence-electron chi connectivity index (χ1n) is 3.32. The van der Waals surface area contributed by atoms with E-state index >= 15 is 0 Å². The summed E-state index contributed by atoms with van der Waals surface area (Å²) >= 11 is 0. The summed E-state index contributed by atoms with van der Waals surface area (Å²) in [5.74, 6) is 0. The van der Waals surface area contributed by atoms with Crippen molar-refractivity contribution in [3.8, 4) is 0 Å². The smallest absolute Gasteiger partial charge is 0.0851 e. The van der Waals surface area contributed by atoms with Gasteiger partial charge in [0.1, 0.15) is 0 Å². The monoisotopic (exact) mass is 127 g/mol. The quantitative estimate of drug-likeness (QED) is 0.556. The Labute approximate surface area is 55.8 Å². The lowest BCUT2D eigenvalue weighted by Crippen LogP contribution is -2.28. The van der Waals surface area contributed by atoms with Gasteiger partial charge in [0.25, 0.3) is 0 Å². The summed E-state index contributed by atoms with van der Waals surface area (Å²) in [6.07, 6.45) is 1.93. The Bertz CT molecular complexity index is 100. The largest absolute Gasteiger partial charge is 0.360 e. The molecule has 3 nitrogen and oxygen atoms in total. The molecule has 0 saturated heterocycles. The van der Waals surface area contributed by atoms with Gasteiger partial charge >= 0.3 is 0 Å². The normalized spacial score (nSPS) is 17.2. The highest BCUT2D eigenvalue weighted by molar-refractivity contribution is 5.56. The van der Waals surface area contributed by atoms with Gasteiger partial charge in [-0.3, -0.25) is 4.99 Å². The van der Waals surface area contributed by atoms with Gasteiger partial charge in [-0.2, -0.15) is 0 Å². The lowest BCUT2D eigenvalue weighted by Gasteiger charge is -2.11. The highest BCUT2D eigenvalue weighted by Gasteiger charge is 2.01. The van der Waals surface area contributed by atoms with Crippen LogP contribution in [0.5, 0.6) is 0 Å². The molecule has 1 N–H and O–H groups in total. The fourth-order valence-corrected chi connectivity index (χ4v) is 0.842. The second kappa shape index (κ2) is 3.45. The van der Waals surface area contributed by atoms with Crippen molar-refractivity contribution >= 4 is 6.34 Å². The van der Waals surface area contributed by atoms with E-state index in [4.69, 9.17) is 0 Å². The van der Waals surface area contributed by atoms with Gasteiger partial charge in [-0.1, -0.05) is 0 Å². The summed E-state index contributed by atoms with van der Waals surface area (Å²) < 4.78 is 0. The number of hydrogen-bond donors (Lipinski definition) is 1. The molecule has 0 aliphatic carbocycles. The molecule has 0 radical (unpaired) electrons. The zero-order chi connectivity index (χ0) is 6.53. The van der Waals surface area contributed by atoms with Gasteiger partial charge in [-0.25, -0.2) is 0 Å². The van der Waals surface area contributed by atoms with Gasteiger partial charge in [-0.15, -0.1) is 0 Å². The second-order valence-electron chi connectivity index (χ2n) is 2.16. The maximum atomic E-state index is 4.09. The predicted octanol–water partition coefficient (Wildman–Crippen LogP) is -0.450. The van der Waals surface area contributed by atoms with E-state index in [2.05, 4.69) is 15.2 Å². The zero-order valence-corrected chi connectivity index (χ0v) is 5.80. The molecule has 0 spiro atoms. The number of nitrogens with one attached hydrogen (secondary N) is 1. The predicted molar refractivity (Wildman–Crippen MR) is 38.9 cm³/mol. The molecule has 1 heterocycles. The van der Waals surface area contributed by atoms with Crippen LogP contribution in [-0.2, 0) is 0 Å². The van der Waals surface area contributed by atoms with Crippen LogP contribution < -0.4 is 5.32 Å². The minimum absolute atomic E-state index is 0.976. The first-order chi connectivity index (χ1) is 4.43. The van der Waals surface area contributed by atoms with Crippen molar-refractivity contribution in [1.29, 1.82) is 0 Å². The van der Waals surface area contributed by atoms with Crippen LogP contribution in [0.1, 0.15) is 0 Å². The lowest BCUT2D eigenvalue weighted by atomic mass is 10.5. The van der Waals surface area contributed by atoms with E-state index in [-0.39, 0.29) is 0 Å². The molecule has 0 amide bonds. The van der Waals surface area contributed by atoms with Crippen molar-refractivity contribution in [2.24, 2.45) is 4.99 Å². The van der Waals surface area contributed by atoms with Crippen LogP contribution in [-0.4, -0.2) is 44.5 Å². The third-order valence-electron chi connectivity index (χ3n) is 1.41. The summed E-state index contributed by atoms with van der Waals surface area (Å²) in [7, 11) is 1.97. The standard InChI is InChI=1S/C6H13N3/c1-7-2-4-9-5-3-8-6-9/h6-7H,2-5H2,1H3. The molecule has 0 aromatic carbocycles. The molecule has 0 aromatic heterocycles. The molecule has 1 aliphatic heterocycles. The first kappa shape index (κ1) is 6.55. The van der Waals surface area contributed by atoms with E-state index in [1.54, 1.807) is 0 Å². The van der Waals surface area contributed by atoms with Gasteiger partial charge in [0.15, 0.2) is 0 Å². The minimum Gasteiger partial charge on any atom is -0.360 e. The van der Waals surface area contributed by atoms with E-state index in [0.29, 0.717) is 0 Å². The van der Waals surface area contributed by atoms with Crippen LogP contribution in [0.4, 0.5) is 0 Å². The Hall–Kier alpha value is -0.570. The van der Waals surface area contributed by atoms with Gasteiger partial charge in [0.05, 0.1) is 12.9 Å². The molecule has 9 heavy (non-hydrogen) atoms. The van der Waals surface area contributed by atoms with Crippen molar-refractivity contribution in [2.45, 2.75) is 0 Å². The molecule has 3 heteroatoms. The van der Waals surface area contributed by atoms with E-state index in [9.17, 15) is 0 Å². The molecule has 0 unspecified atom stereocenters. The van der Waals surface area contributed by atoms with Crippen LogP contribution in [0.3, 0.4) is 0 Å². The molecular formula is C6H13N3. The van der Waals surface area contributed by atoms with Crippen LogP contribution in [0.2, 0.25) is 0 Å². The van der Waals surface area contributed by atoms with Gasteiger partial charge in [0.2, 0.25) is 0 Å². The lowest BCUT2D eigenvalue weighted by molar-refractivity contribution is 0.462. The molecule has 0 atom stereocenters. The van der Waals surface area contributed by atoms with E-state index in [1.165, 1.54) is 0 Å². The number of likely N-dealkylation sites (N-methyl/N-ethyl adjacent to an activating group) is 1. The van der Waals surface area contributed by atoms with Gasteiger partial charge in [-0.05, 0) is 7.05 Å². The van der Waals surface area contributed by atoms with E-state index < -0.39 is 0 Å². The summed E-state index contributed by atoms with van der Waals surface area (Å²) in [5.41, 5.74) is 0. The summed E-state index contributed by atoms with van der Waals surface area (Å²) in [6, 6.07) is 0. The average molecular weight is 127 g/mol. The molecule has 0 saturated carbocycles. The third-order valence-corrected chi connectivity index (χ3v) is 1.41. The Morgan fingerprint density at radius 2 is 2.67 bits per heavy atom. The Kier molecular flexibility index (Phi) is 2.51. The maximum Gasteiger partial charge on any atom is 0.0851 e. The van der Waals surface area contributed by atoms with E-state index in [0.717, 1.165) is 26.2 Å². The summed E-state index contributed by atoms with van der Waals surface area (Å²) in [6.45, 7) is 4.21. The Morgan fingerprint density at radius 1 is 1.78 bits per heavy atom. The number of aliphatic imine (C=N–C) groups is 1. The highest BCUT2D eigenvalue weighted by Crippen LogP contribution is 1.89. The zero-order valence-electron chi connectivity index (χ0n) is 5.80. The van der Waals surface area contributed by atoms with Crippen molar-refractivity contribution < 1.29 is 0 Å². The number of rotatable bonds is 3. The molecule has 1 aliphatic rings. The topological polar surface area (TPSA) is 27.6 Å². The van der Waals surface area contributed by atoms with Crippen molar-refractivity contribution in [3.05, 3.63) is 0 Å². The molecule has 0 bridgehead atoms. The van der Waals surface area contributed by atoms with Crippen molar-refractivity contribution in [3.63, 3.8) is 0 Å². The summed E-state index contributed by atoms with van der Waals surface area (Å²) in [5, 5.41) is 3.09. The molecule has 52 valence electrons. The third kappa shape index (κ3) is 2.01. The first-order valence-corrected chi connectivity index (χ1v) is 3.32. The minimum atomic E-state index is 0.976. The number of hydrogen-bond acceptors (Lipinski definition) is 3. The maximum absolute atomic E-state index is 4.09. The Balaban J connectivity index is 2.05. The molecule has 0 fully saturated rings. The summed E-state index contributed by atoms with van der Waals surface area (Å²) in [4.78, 5) is 6.31. The fourth-order valence-electron chi connectivity index (χ4n) is 0.842. The molecule has 0 aromatic rings.